The third kappa shape index (κ3) is 5.56. The Labute approximate surface area is 220 Å². The molecule has 8 heteroatoms. The summed E-state index contributed by atoms with van der Waals surface area (Å²) < 4.78 is 16.8. The summed E-state index contributed by atoms with van der Waals surface area (Å²) in [7, 11) is 0. The van der Waals surface area contributed by atoms with Crippen LogP contribution in [0.3, 0.4) is 0 Å². The van der Waals surface area contributed by atoms with Gasteiger partial charge in [0, 0.05) is 29.6 Å². The highest BCUT2D eigenvalue weighted by Crippen LogP contribution is 2.22. The van der Waals surface area contributed by atoms with Crippen molar-refractivity contribution in [3.05, 3.63) is 105 Å². The van der Waals surface area contributed by atoms with Gasteiger partial charge in [-0.3, -0.25) is 13.9 Å². The molecule has 4 aromatic rings. The van der Waals surface area contributed by atoms with E-state index >= 15 is 0 Å². The molecule has 0 bridgehead atoms. The third-order valence-corrected chi connectivity index (χ3v) is 7.16. The molecule has 0 saturated carbocycles. The molecule has 5 nitrogen and oxygen atoms in total. The number of likely N-dealkylation sites (tertiary alicyclic amines) is 1. The van der Waals surface area contributed by atoms with Crippen molar-refractivity contribution in [1.82, 2.24) is 14.0 Å². The zero-order chi connectivity index (χ0) is 24.4. The van der Waals surface area contributed by atoms with Gasteiger partial charge in [0.05, 0.1) is 17.6 Å². The molecule has 1 saturated heterocycles. The Hall–Kier alpha value is -2.93. The van der Waals surface area contributed by atoms with E-state index in [0.717, 1.165) is 49.1 Å². The van der Waals surface area contributed by atoms with Gasteiger partial charge in [-0.05, 0) is 80.0 Å². The quantitative estimate of drug-likeness (QED) is 0.291. The third-order valence-electron chi connectivity index (χ3n) is 6.91. The standard InChI is InChI=1S/C28H27ClFN3O2.ClH/c29-23-9-5-20(6-10-23)19-33-26-4-2-1-3-25(26)32(28(33)35)18-17-31-15-13-22(14-16-31)27(34)21-7-11-24(30)12-8-21;/h1-12,22H,13-19H2;1H. The lowest BCUT2D eigenvalue weighted by molar-refractivity contribution is 0.0837. The van der Waals surface area contributed by atoms with Gasteiger partial charge in [-0.2, -0.15) is 0 Å². The zero-order valence-corrected chi connectivity index (χ0v) is 21.4. The van der Waals surface area contributed by atoms with Gasteiger partial charge in [0.25, 0.3) is 0 Å². The van der Waals surface area contributed by atoms with Gasteiger partial charge in [0.1, 0.15) is 5.82 Å². The molecule has 5 rings (SSSR count). The van der Waals surface area contributed by atoms with Crippen molar-refractivity contribution in [2.45, 2.75) is 25.9 Å². The molecule has 0 atom stereocenters. The average Bonchev–Trinajstić information content (AvgIpc) is 3.15. The van der Waals surface area contributed by atoms with Crippen LogP contribution >= 0.6 is 24.0 Å². The Balaban J connectivity index is 0.00000304. The van der Waals surface area contributed by atoms with E-state index in [9.17, 15) is 14.0 Å². The van der Waals surface area contributed by atoms with E-state index < -0.39 is 0 Å². The van der Waals surface area contributed by atoms with Crippen molar-refractivity contribution in [2.75, 3.05) is 19.6 Å². The number of nitrogens with zero attached hydrogens (tertiary/aromatic N) is 3. The molecule has 1 fully saturated rings. The second-order valence-electron chi connectivity index (χ2n) is 9.12. The predicted octanol–water partition coefficient (Wildman–Crippen LogP) is 5.66. The fourth-order valence-electron chi connectivity index (χ4n) is 4.92. The molecule has 0 N–H and O–H groups in total. The van der Waals surface area contributed by atoms with Gasteiger partial charge >= 0.3 is 5.69 Å². The molecule has 0 radical (unpaired) electrons. The molecule has 1 aliphatic heterocycles. The number of carbonyl (C=O) groups is 1. The maximum atomic E-state index is 13.4. The molecule has 1 aromatic heterocycles. The number of carbonyl (C=O) groups excluding carboxylic acids is 1. The molecule has 188 valence electrons. The molecule has 3 aromatic carbocycles. The summed E-state index contributed by atoms with van der Waals surface area (Å²) in [6.07, 6.45) is 1.53. The highest BCUT2D eigenvalue weighted by atomic mass is 35.5. The summed E-state index contributed by atoms with van der Waals surface area (Å²) in [6.45, 7) is 3.42. The van der Waals surface area contributed by atoms with Crippen molar-refractivity contribution < 1.29 is 9.18 Å². The number of fused-ring (bicyclic) bond motifs is 1. The van der Waals surface area contributed by atoms with Crippen molar-refractivity contribution in [3.8, 4) is 0 Å². The van der Waals surface area contributed by atoms with Crippen LogP contribution in [-0.4, -0.2) is 39.5 Å². The largest absolute Gasteiger partial charge is 0.329 e. The number of halogens is 3. The van der Waals surface area contributed by atoms with Crippen LogP contribution in [0.2, 0.25) is 5.02 Å². The van der Waals surface area contributed by atoms with Crippen LogP contribution in [0.25, 0.3) is 11.0 Å². The number of imidazole rings is 1. The lowest BCUT2D eigenvalue weighted by atomic mass is 9.89. The molecule has 2 heterocycles. The molecule has 36 heavy (non-hydrogen) atoms. The molecule has 1 aliphatic rings. The molecule has 0 unspecified atom stereocenters. The number of hydrogen-bond acceptors (Lipinski definition) is 3. The van der Waals surface area contributed by atoms with Crippen LogP contribution in [-0.2, 0) is 13.1 Å². The molecule has 0 amide bonds. The topological polar surface area (TPSA) is 47.2 Å². The molecule has 0 aliphatic carbocycles. The maximum Gasteiger partial charge on any atom is 0.329 e. The van der Waals surface area contributed by atoms with Crippen molar-refractivity contribution >= 4 is 40.8 Å². The van der Waals surface area contributed by atoms with E-state index in [2.05, 4.69) is 4.90 Å². The fraction of sp³-hybridized carbons (Fsp3) is 0.286. The number of Topliss-reactive ketones (excluding diaryl/α,β-unsaturated/α-hetero) is 1. The van der Waals surface area contributed by atoms with E-state index in [-0.39, 0.29) is 35.6 Å². The van der Waals surface area contributed by atoms with E-state index in [1.54, 1.807) is 12.1 Å². The second-order valence-corrected chi connectivity index (χ2v) is 9.56. The number of piperidine rings is 1. The first-order valence-electron chi connectivity index (χ1n) is 11.9. The van der Waals surface area contributed by atoms with Gasteiger partial charge < -0.3 is 4.90 Å². The van der Waals surface area contributed by atoms with Crippen LogP contribution in [0.5, 0.6) is 0 Å². The SMILES string of the molecule is Cl.O=C(c1ccc(F)cc1)C1CCN(CCn2c(=O)n(Cc3ccc(Cl)cc3)c3ccccc32)CC1. The smallest absolute Gasteiger partial charge is 0.302 e. The fourth-order valence-corrected chi connectivity index (χ4v) is 5.05. The Morgan fingerprint density at radius 3 is 2.11 bits per heavy atom. The summed E-state index contributed by atoms with van der Waals surface area (Å²) >= 11 is 6.01. The molecular formula is C28H28Cl2FN3O2. The number of hydrogen-bond donors (Lipinski definition) is 0. The van der Waals surface area contributed by atoms with Gasteiger partial charge in [0.15, 0.2) is 5.78 Å². The minimum atomic E-state index is -0.332. The summed E-state index contributed by atoms with van der Waals surface area (Å²) in [6, 6.07) is 21.2. The van der Waals surface area contributed by atoms with Gasteiger partial charge in [-0.1, -0.05) is 35.9 Å². The van der Waals surface area contributed by atoms with Crippen molar-refractivity contribution in [1.29, 1.82) is 0 Å². The van der Waals surface area contributed by atoms with Crippen LogP contribution in [0.1, 0.15) is 28.8 Å². The summed E-state index contributed by atoms with van der Waals surface area (Å²) in [4.78, 5) is 28.4. The number of para-hydroxylation sites is 2. The first-order chi connectivity index (χ1) is 17.0. The van der Waals surface area contributed by atoms with Crippen LogP contribution in [0.15, 0.2) is 77.6 Å². The lowest BCUT2D eigenvalue weighted by Gasteiger charge is -2.31. The number of rotatable bonds is 7. The Bertz CT molecular complexity index is 1390. The normalized spacial score (nSPS) is 14.6. The van der Waals surface area contributed by atoms with Crippen LogP contribution in [0, 0.1) is 11.7 Å². The number of ketones is 1. The van der Waals surface area contributed by atoms with Crippen LogP contribution < -0.4 is 5.69 Å². The van der Waals surface area contributed by atoms with Crippen LogP contribution in [0.4, 0.5) is 4.39 Å². The minimum absolute atomic E-state index is 0. The van der Waals surface area contributed by atoms with Gasteiger partial charge in [-0.15, -0.1) is 12.4 Å². The highest BCUT2D eigenvalue weighted by Gasteiger charge is 2.26. The number of benzene rings is 3. The summed E-state index contributed by atoms with van der Waals surface area (Å²) in [5.41, 5.74) is 3.41. The van der Waals surface area contributed by atoms with Crippen molar-refractivity contribution in [2.24, 2.45) is 5.92 Å². The van der Waals surface area contributed by atoms with Gasteiger partial charge in [0.2, 0.25) is 0 Å². The minimum Gasteiger partial charge on any atom is -0.302 e. The molecular weight excluding hydrogens is 500 g/mol. The van der Waals surface area contributed by atoms with Crippen molar-refractivity contribution in [3.63, 3.8) is 0 Å². The first-order valence-corrected chi connectivity index (χ1v) is 12.3. The van der Waals surface area contributed by atoms with E-state index in [1.165, 1.54) is 12.1 Å². The van der Waals surface area contributed by atoms with Gasteiger partial charge in [-0.25, -0.2) is 9.18 Å². The maximum absolute atomic E-state index is 13.4. The summed E-state index contributed by atoms with van der Waals surface area (Å²) in [5.74, 6) is -0.284. The average molecular weight is 528 g/mol. The highest BCUT2D eigenvalue weighted by molar-refractivity contribution is 6.30. The second kappa shape index (κ2) is 11.4. The summed E-state index contributed by atoms with van der Waals surface area (Å²) in [5, 5.41) is 0.673. The Morgan fingerprint density at radius 1 is 0.861 bits per heavy atom. The van der Waals surface area contributed by atoms with E-state index in [4.69, 9.17) is 11.6 Å². The zero-order valence-electron chi connectivity index (χ0n) is 19.8. The predicted molar refractivity (Wildman–Crippen MR) is 144 cm³/mol. The van der Waals surface area contributed by atoms with E-state index in [0.29, 0.717) is 23.7 Å². The first kappa shape index (κ1) is 26.1. The Kier molecular flexibility index (Phi) is 8.29. The molecule has 0 spiro atoms. The Morgan fingerprint density at radius 2 is 1.47 bits per heavy atom. The lowest BCUT2D eigenvalue weighted by Crippen LogP contribution is -2.39. The monoisotopic (exact) mass is 527 g/mol. The number of aromatic nitrogens is 2. The van der Waals surface area contributed by atoms with E-state index in [1.807, 2.05) is 57.7 Å².